The fourth-order valence-electron chi connectivity index (χ4n) is 2.62. The molecule has 1 aromatic rings. The normalized spacial score (nSPS) is 20.5. The van der Waals surface area contributed by atoms with Crippen molar-refractivity contribution in [3.8, 4) is 0 Å². The lowest BCUT2D eigenvalue weighted by molar-refractivity contribution is 0.0929. The molecule has 0 bridgehead atoms. The first-order chi connectivity index (χ1) is 9.42. The second-order valence-corrected chi connectivity index (χ2v) is 6.72. The van der Waals surface area contributed by atoms with Gasteiger partial charge in [-0.25, -0.2) is 0 Å². The molecule has 0 aliphatic carbocycles. The average molecular weight is 352 g/mol. The topological polar surface area (TPSA) is 41.1 Å². The minimum absolute atomic E-state index is 0. The SMILES string of the molecule is CC1(C)CCCNC1CNC(=O)c1c(Cl)cccc1Cl.Cl. The van der Waals surface area contributed by atoms with E-state index in [4.69, 9.17) is 23.2 Å². The van der Waals surface area contributed by atoms with E-state index in [0.29, 0.717) is 22.2 Å². The summed E-state index contributed by atoms with van der Waals surface area (Å²) < 4.78 is 0. The maximum atomic E-state index is 12.2. The zero-order valence-electron chi connectivity index (χ0n) is 12.2. The van der Waals surface area contributed by atoms with Crippen LogP contribution in [0.2, 0.25) is 10.0 Å². The first-order valence-corrected chi connectivity index (χ1v) is 7.63. The Morgan fingerprint density at radius 3 is 2.57 bits per heavy atom. The summed E-state index contributed by atoms with van der Waals surface area (Å²) in [6.07, 6.45) is 2.33. The number of hydrogen-bond donors (Lipinski definition) is 2. The molecule has 21 heavy (non-hydrogen) atoms. The van der Waals surface area contributed by atoms with E-state index in [1.165, 1.54) is 6.42 Å². The molecule has 1 fully saturated rings. The molecule has 2 N–H and O–H groups in total. The van der Waals surface area contributed by atoms with Crippen LogP contribution in [-0.2, 0) is 0 Å². The molecule has 0 aromatic heterocycles. The second kappa shape index (κ2) is 7.68. The van der Waals surface area contributed by atoms with Crippen molar-refractivity contribution in [2.45, 2.75) is 32.7 Å². The number of nitrogens with one attached hydrogen (secondary N) is 2. The van der Waals surface area contributed by atoms with Crippen molar-refractivity contribution in [2.24, 2.45) is 5.41 Å². The van der Waals surface area contributed by atoms with Crippen molar-refractivity contribution < 1.29 is 4.79 Å². The molecule has 1 unspecified atom stereocenters. The van der Waals surface area contributed by atoms with Gasteiger partial charge in [-0.15, -0.1) is 12.4 Å². The third-order valence-electron chi connectivity index (χ3n) is 3.99. The molecule has 3 nitrogen and oxygen atoms in total. The Morgan fingerprint density at radius 1 is 1.38 bits per heavy atom. The van der Waals surface area contributed by atoms with Crippen molar-refractivity contribution in [3.05, 3.63) is 33.8 Å². The smallest absolute Gasteiger partial charge is 0.254 e. The molecule has 1 aliphatic rings. The van der Waals surface area contributed by atoms with Crippen LogP contribution in [0.1, 0.15) is 37.0 Å². The molecule has 1 amide bonds. The highest BCUT2D eigenvalue weighted by atomic mass is 35.5. The van der Waals surface area contributed by atoms with Crippen molar-refractivity contribution in [1.29, 1.82) is 0 Å². The first kappa shape index (κ1) is 18.6. The number of carbonyl (C=O) groups excluding carboxylic acids is 1. The van der Waals surface area contributed by atoms with E-state index in [9.17, 15) is 4.79 Å². The number of carbonyl (C=O) groups is 1. The van der Waals surface area contributed by atoms with Crippen molar-refractivity contribution in [3.63, 3.8) is 0 Å². The Bertz CT molecular complexity index is 485. The molecule has 2 rings (SSSR count). The van der Waals surface area contributed by atoms with E-state index in [2.05, 4.69) is 24.5 Å². The monoisotopic (exact) mass is 350 g/mol. The largest absolute Gasteiger partial charge is 0.350 e. The molecular formula is C15H21Cl3N2O. The van der Waals surface area contributed by atoms with Gasteiger partial charge in [0.1, 0.15) is 0 Å². The Labute approximate surface area is 142 Å². The lowest BCUT2D eigenvalue weighted by atomic mass is 9.77. The molecule has 6 heteroatoms. The molecule has 1 atom stereocenters. The number of piperidine rings is 1. The predicted molar refractivity (Wildman–Crippen MR) is 90.8 cm³/mol. The van der Waals surface area contributed by atoms with Gasteiger partial charge in [0.2, 0.25) is 0 Å². The number of benzene rings is 1. The van der Waals surface area contributed by atoms with Gasteiger partial charge in [0.25, 0.3) is 5.91 Å². The molecule has 0 saturated carbocycles. The van der Waals surface area contributed by atoms with Gasteiger partial charge < -0.3 is 10.6 Å². The summed E-state index contributed by atoms with van der Waals surface area (Å²) in [7, 11) is 0. The van der Waals surface area contributed by atoms with Crippen molar-refractivity contribution >= 4 is 41.5 Å². The molecule has 0 radical (unpaired) electrons. The second-order valence-electron chi connectivity index (χ2n) is 5.91. The zero-order chi connectivity index (χ0) is 14.8. The van der Waals surface area contributed by atoms with Gasteiger partial charge in [0, 0.05) is 12.6 Å². The van der Waals surface area contributed by atoms with Crippen LogP contribution < -0.4 is 10.6 Å². The van der Waals surface area contributed by atoms with Crippen LogP contribution in [0.15, 0.2) is 18.2 Å². The number of halogens is 3. The average Bonchev–Trinajstić information content (AvgIpc) is 2.36. The summed E-state index contributed by atoms with van der Waals surface area (Å²) >= 11 is 12.1. The summed E-state index contributed by atoms with van der Waals surface area (Å²) in [6, 6.07) is 5.34. The standard InChI is InChI=1S/C15H20Cl2N2O.ClH/c1-15(2)7-4-8-18-12(15)9-19-14(20)13-10(16)5-3-6-11(13)17;/h3,5-6,12,18H,4,7-9H2,1-2H3,(H,19,20);1H. The molecule has 0 spiro atoms. The number of amides is 1. The van der Waals surface area contributed by atoms with E-state index in [-0.39, 0.29) is 29.8 Å². The van der Waals surface area contributed by atoms with Crippen LogP contribution in [0.3, 0.4) is 0 Å². The lowest BCUT2D eigenvalue weighted by Gasteiger charge is -2.39. The van der Waals surface area contributed by atoms with Crippen LogP contribution in [0.5, 0.6) is 0 Å². The molecule has 1 aliphatic heterocycles. The Kier molecular flexibility index (Phi) is 6.79. The van der Waals surface area contributed by atoms with Crippen LogP contribution in [0.4, 0.5) is 0 Å². The van der Waals surface area contributed by atoms with E-state index < -0.39 is 0 Å². The van der Waals surface area contributed by atoms with E-state index in [0.717, 1.165) is 13.0 Å². The first-order valence-electron chi connectivity index (χ1n) is 6.87. The van der Waals surface area contributed by atoms with Gasteiger partial charge in [-0.1, -0.05) is 43.1 Å². The van der Waals surface area contributed by atoms with Gasteiger partial charge in [-0.05, 0) is 36.9 Å². The lowest BCUT2D eigenvalue weighted by Crippen LogP contribution is -2.52. The van der Waals surface area contributed by atoms with E-state index in [1.807, 2.05) is 0 Å². The summed E-state index contributed by atoms with van der Waals surface area (Å²) in [4.78, 5) is 12.2. The van der Waals surface area contributed by atoms with Gasteiger partial charge in [-0.2, -0.15) is 0 Å². The minimum Gasteiger partial charge on any atom is -0.350 e. The summed E-state index contributed by atoms with van der Waals surface area (Å²) in [6.45, 7) is 6.01. The van der Waals surface area contributed by atoms with E-state index in [1.54, 1.807) is 18.2 Å². The Balaban J connectivity index is 0.00000220. The van der Waals surface area contributed by atoms with Gasteiger partial charge in [-0.3, -0.25) is 4.79 Å². The molecule has 118 valence electrons. The van der Waals surface area contributed by atoms with Crippen molar-refractivity contribution in [2.75, 3.05) is 13.1 Å². The quantitative estimate of drug-likeness (QED) is 0.866. The highest BCUT2D eigenvalue weighted by Gasteiger charge is 2.32. The van der Waals surface area contributed by atoms with Crippen LogP contribution in [0, 0.1) is 5.41 Å². The van der Waals surface area contributed by atoms with Crippen LogP contribution in [0.25, 0.3) is 0 Å². The maximum Gasteiger partial charge on any atom is 0.254 e. The highest BCUT2D eigenvalue weighted by Crippen LogP contribution is 2.30. The Hall–Kier alpha value is -0.480. The fraction of sp³-hybridized carbons (Fsp3) is 0.533. The number of rotatable bonds is 3. The maximum absolute atomic E-state index is 12.2. The molecule has 1 heterocycles. The third-order valence-corrected chi connectivity index (χ3v) is 4.62. The third kappa shape index (κ3) is 4.49. The highest BCUT2D eigenvalue weighted by molar-refractivity contribution is 6.39. The van der Waals surface area contributed by atoms with Gasteiger partial charge in [0.15, 0.2) is 0 Å². The Morgan fingerprint density at radius 2 is 2.00 bits per heavy atom. The molecule has 1 aromatic carbocycles. The minimum atomic E-state index is -0.219. The van der Waals surface area contributed by atoms with Crippen LogP contribution in [-0.4, -0.2) is 25.0 Å². The van der Waals surface area contributed by atoms with Gasteiger partial charge in [0.05, 0.1) is 15.6 Å². The summed E-state index contributed by atoms with van der Waals surface area (Å²) in [5.74, 6) is -0.219. The fourth-order valence-corrected chi connectivity index (χ4v) is 3.19. The zero-order valence-corrected chi connectivity index (χ0v) is 14.5. The molecular weight excluding hydrogens is 331 g/mol. The number of hydrogen-bond acceptors (Lipinski definition) is 2. The summed E-state index contributed by atoms with van der Waals surface area (Å²) in [5.41, 5.74) is 0.528. The van der Waals surface area contributed by atoms with Crippen molar-refractivity contribution in [1.82, 2.24) is 10.6 Å². The predicted octanol–water partition coefficient (Wildman–Crippen LogP) is 3.92. The van der Waals surface area contributed by atoms with E-state index >= 15 is 0 Å². The van der Waals surface area contributed by atoms with Gasteiger partial charge >= 0.3 is 0 Å². The van der Waals surface area contributed by atoms with Crippen LogP contribution >= 0.6 is 35.6 Å². The molecule has 1 saturated heterocycles. The summed E-state index contributed by atoms with van der Waals surface area (Å²) in [5, 5.41) is 7.16.